The van der Waals surface area contributed by atoms with Crippen LogP contribution in [0.15, 0.2) is 24.3 Å². The molecule has 2 heteroatoms. The normalized spacial score (nSPS) is 27.9. The summed E-state index contributed by atoms with van der Waals surface area (Å²) in [5.41, 5.74) is 1.70. The van der Waals surface area contributed by atoms with Gasteiger partial charge in [0.25, 0.3) is 0 Å². The third kappa shape index (κ3) is 1.86. The van der Waals surface area contributed by atoms with Gasteiger partial charge >= 0.3 is 5.97 Å². The van der Waals surface area contributed by atoms with Gasteiger partial charge in [-0.05, 0) is 28.9 Å². The van der Waals surface area contributed by atoms with Gasteiger partial charge in [0.2, 0.25) is 0 Å². The van der Waals surface area contributed by atoms with E-state index in [1.807, 2.05) is 19.1 Å². The van der Waals surface area contributed by atoms with Gasteiger partial charge in [-0.2, -0.15) is 0 Å². The third-order valence-electron chi connectivity index (χ3n) is 3.96. The van der Waals surface area contributed by atoms with Crippen LogP contribution in [0.1, 0.15) is 45.2 Å². The largest absolute Gasteiger partial charge is 0.481 e. The molecule has 2 rings (SSSR count). The summed E-state index contributed by atoms with van der Waals surface area (Å²) in [4.78, 5) is 11.4. The first-order chi connectivity index (χ1) is 7.78. The maximum atomic E-state index is 11.4. The van der Waals surface area contributed by atoms with Gasteiger partial charge in [-0.25, -0.2) is 0 Å². The summed E-state index contributed by atoms with van der Waals surface area (Å²) in [5.74, 6) is -0.436. The molecule has 1 N–H and O–H groups in total. The number of rotatable bonds is 2. The van der Waals surface area contributed by atoms with Crippen LogP contribution in [0, 0.1) is 5.92 Å². The molecule has 0 saturated heterocycles. The van der Waals surface area contributed by atoms with Crippen molar-refractivity contribution < 1.29 is 9.90 Å². The van der Waals surface area contributed by atoms with E-state index in [2.05, 4.69) is 32.9 Å². The highest BCUT2D eigenvalue weighted by molar-refractivity contribution is 5.85. The molecule has 2 nitrogen and oxygen atoms in total. The summed E-state index contributed by atoms with van der Waals surface area (Å²) in [5, 5.41) is 9.36. The minimum absolute atomic E-state index is 0.115. The van der Waals surface area contributed by atoms with E-state index in [0.29, 0.717) is 0 Å². The Morgan fingerprint density at radius 1 is 1.29 bits per heavy atom. The number of benzene rings is 1. The van der Waals surface area contributed by atoms with Crippen LogP contribution in [0.3, 0.4) is 0 Å². The lowest BCUT2D eigenvalue weighted by Gasteiger charge is -2.20. The second-order valence-electron chi connectivity index (χ2n) is 6.21. The molecule has 92 valence electrons. The lowest BCUT2D eigenvalue weighted by atomic mass is 9.84. The minimum atomic E-state index is -0.687. The smallest absolute Gasteiger partial charge is 0.314 e. The van der Waals surface area contributed by atoms with Gasteiger partial charge in [0.15, 0.2) is 0 Å². The fourth-order valence-electron chi connectivity index (χ4n) is 2.52. The quantitative estimate of drug-likeness (QED) is 0.849. The average molecular weight is 232 g/mol. The van der Waals surface area contributed by atoms with Gasteiger partial charge in [-0.1, -0.05) is 52.0 Å². The highest BCUT2D eigenvalue weighted by atomic mass is 16.4. The Balaban J connectivity index is 2.34. The summed E-state index contributed by atoms with van der Waals surface area (Å²) in [6.45, 7) is 8.49. The van der Waals surface area contributed by atoms with Gasteiger partial charge in [-0.15, -0.1) is 0 Å². The minimum Gasteiger partial charge on any atom is -0.481 e. The van der Waals surface area contributed by atoms with Gasteiger partial charge in [0, 0.05) is 0 Å². The molecule has 17 heavy (non-hydrogen) atoms. The van der Waals surface area contributed by atoms with Crippen LogP contribution < -0.4 is 0 Å². The number of carboxylic acids is 1. The van der Waals surface area contributed by atoms with Crippen molar-refractivity contribution in [2.75, 3.05) is 0 Å². The van der Waals surface area contributed by atoms with Crippen molar-refractivity contribution in [1.82, 2.24) is 0 Å². The molecule has 0 aliphatic heterocycles. The van der Waals surface area contributed by atoms with Crippen LogP contribution in [0.4, 0.5) is 0 Å². The molecule has 0 heterocycles. The second kappa shape index (κ2) is 3.59. The molecule has 0 amide bonds. The summed E-state index contributed by atoms with van der Waals surface area (Å²) >= 11 is 0. The second-order valence-corrected chi connectivity index (χ2v) is 6.21. The Morgan fingerprint density at radius 2 is 1.76 bits per heavy atom. The van der Waals surface area contributed by atoms with Crippen LogP contribution in [-0.4, -0.2) is 11.1 Å². The summed E-state index contributed by atoms with van der Waals surface area (Å²) in [7, 11) is 0. The molecule has 1 aromatic rings. The zero-order valence-electron chi connectivity index (χ0n) is 10.9. The van der Waals surface area contributed by atoms with Crippen molar-refractivity contribution in [2.45, 2.75) is 44.9 Å². The number of carbonyl (C=O) groups is 1. The molecule has 1 aliphatic rings. The number of hydrogen-bond donors (Lipinski definition) is 1. The van der Waals surface area contributed by atoms with Crippen molar-refractivity contribution in [3.8, 4) is 0 Å². The maximum Gasteiger partial charge on any atom is 0.314 e. The molecule has 0 radical (unpaired) electrons. The zero-order valence-corrected chi connectivity index (χ0v) is 10.9. The number of carboxylic acid groups (broad SMARTS) is 1. The fourth-order valence-corrected chi connectivity index (χ4v) is 2.52. The van der Waals surface area contributed by atoms with Crippen molar-refractivity contribution in [3.63, 3.8) is 0 Å². The standard InChI is InChI=1S/C15H20O2/c1-10-9-15(10,13(16)17)12-7-5-11(6-8-12)14(2,3)4/h5-8,10H,9H2,1-4H3,(H,16,17). The predicted octanol–water partition coefficient (Wildman–Crippen LogP) is 3.35. The fraction of sp³-hybridized carbons (Fsp3) is 0.533. The van der Waals surface area contributed by atoms with Crippen LogP contribution in [0.25, 0.3) is 0 Å². The predicted molar refractivity (Wildman–Crippen MR) is 68.2 cm³/mol. The molecular formula is C15H20O2. The summed E-state index contributed by atoms with van der Waals surface area (Å²) in [6.07, 6.45) is 0.761. The Bertz CT molecular complexity index is 439. The first kappa shape index (κ1) is 12.2. The van der Waals surface area contributed by atoms with Gasteiger partial charge in [0.05, 0.1) is 5.41 Å². The highest BCUT2D eigenvalue weighted by Crippen LogP contribution is 2.54. The monoisotopic (exact) mass is 232 g/mol. The zero-order chi connectivity index (χ0) is 12.8. The van der Waals surface area contributed by atoms with Crippen molar-refractivity contribution >= 4 is 5.97 Å². The molecule has 2 atom stereocenters. The molecule has 1 saturated carbocycles. The Kier molecular flexibility index (Phi) is 2.57. The van der Waals surface area contributed by atoms with Crippen LogP contribution in [0.5, 0.6) is 0 Å². The van der Waals surface area contributed by atoms with E-state index in [9.17, 15) is 9.90 Å². The van der Waals surface area contributed by atoms with E-state index in [1.165, 1.54) is 5.56 Å². The van der Waals surface area contributed by atoms with Gasteiger partial charge in [-0.3, -0.25) is 4.79 Å². The van der Waals surface area contributed by atoms with Crippen LogP contribution in [0.2, 0.25) is 0 Å². The Labute approximate surface area is 103 Å². The Hall–Kier alpha value is -1.31. The van der Waals surface area contributed by atoms with Crippen LogP contribution >= 0.6 is 0 Å². The number of hydrogen-bond acceptors (Lipinski definition) is 1. The Morgan fingerprint density at radius 3 is 2.06 bits per heavy atom. The first-order valence-electron chi connectivity index (χ1n) is 6.13. The molecule has 1 aliphatic carbocycles. The number of aliphatic carboxylic acids is 1. The topological polar surface area (TPSA) is 37.3 Å². The molecular weight excluding hydrogens is 212 g/mol. The third-order valence-corrected chi connectivity index (χ3v) is 3.96. The van der Waals surface area contributed by atoms with Crippen molar-refractivity contribution in [3.05, 3.63) is 35.4 Å². The first-order valence-corrected chi connectivity index (χ1v) is 6.13. The van der Waals surface area contributed by atoms with E-state index in [0.717, 1.165) is 12.0 Å². The lowest BCUT2D eigenvalue weighted by Crippen LogP contribution is -2.22. The summed E-state index contributed by atoms with van der Waals surface area (Å²) in [6, 6.07) is 8.09. The van der Waals surface area contributed by atoms with E-state index in [4.69, 9.17) is 0 Å². The molecule has 1 fully saturated rings. The maximum absolute atomic E-state index is 11.4. The lowest BCUT2D eigenvalue weighted by molar-refractivity contribution is -0.140. The molecule has 0 spiro atoms. The molecule has 2 unspecified atom stereocenters. The molecule has 0 bridgehead atoms. The average Bonchev–Trinajstić information content (AvgIpc) is 2.90. The van der Waals surface area contributed by atoms with E-state index in [1.54, 1.807) is 0 Å². The highest BCUT2D eigenvalue weighted by Gasteiger charge is 2.58. The van der Waals surface area contributed by atoms with Gasteiger partial charge in [0.1, 0.15) is 0 Å². The van der Waals surface area contributed by atoms with Gasteiger partial charge < -0.3 is 5.11 Å². The SMILES string of the molecule is CC1CC1(C(=O)O)c1ccc(C(C)(C)C)cc1. The van der Waals surface area contributed by atoms with Crippen molar-refractivity contribution in [2.24, 2.45) is 5.92 Å². The van der Waals surface area contributed by atoms with Crippen molar-refractivity contribution in [1.29, 1.82) is 0 Å². The van der Waals surface area contributed by atoms with E-state index >= 15 is 0 Å². The summed E-state index contributed by atoms with van der Waals surface area (Å²) < 4.78 is 0. The molecule has 0 aromatic heterocycles. The van der Waals surface area contributed by atoms with Crippen LogP contribution in [-0.2, 0) is 15.6 Å². The molecule has 1 aromatic carbocycles. The van der Waals surface area contributed by atoms with E-state index in [-0.39, 0.29) is 11.3 Å². The van der Waals surface area contributed by atoms with E-state index < -0.39 is 11.4 Å².